The molecule has 2 aliphatic rings. The molecule has 0 aromatic heterocycles. The smallest absolute Gasteiger partial charge is 0.307 e. The van der Waals surface area contributed by atoms with Crippen molar-refractivity contribution in [3.05, 3.63) is 0 Å². The maximum absolute atomic E-state index is 12.5. The lowest BCUT2D eigenvalue weighted by Gasteiger charge is -2.28. The predicted octanol–water partition coefficient (Wildman–Crippen LogP) is 2.13. The Bertz CT molecular complexity index is 336. The highest BCUT2D eigenvalue weighted by Gasteiger charge is 2.43. The number of carbonyl (C=O) groups is 2. The summed E-state index contributed by atoms with van der Waals surface area (Å²) in [5, 5.41) is 9.23. The van der Waals surface area contributed by atoms with E-state index in [-0.39, 0.29) is 11.8 Å². The van der Waals surface area contributed by atoms with Crippen LogP contribution in [0.5, 0.6) is 0 Å². The van der Waals surface area contributed by atoms with E-state index in [0.717, 1.165) is 19.3 Å². The Morgan fingerprint density at radius 1 is 1.11 bits per heavy atom. The molecule has 3 unspecified atom stereocenters. The number of hydrogen-bond donors (Lipinski definition) is 1. The number of carboxylic acid groups (broad SMARTS) is 1. The lowest BCUT2D eigenvalue weighted by atomic mass is 9.94. The number of amides is 1. The van der Waals surface area contributed by atoms with Crippen molar-refractivity contribution in [3.63, 3.8) is 0 Å². The quantitative estimate of drug-likeness (QED) is 0.838. The Hall–Kier alpha value is -1.06. The molecular weight excluding hydrogens is 230 g/mol. The van der Waals surface area contributed by atoms with E-state index in [9.17, 15) is 14.7 Å². The highest BCUT2D eigenvalue weighted by Crippen LogP contribution is 2.38. The highest BCUT2D eigenvalue weighted by atomic mass is 16.4. The van der Waals surface area contributed by atoms with Gasteiger partial charge in [0.2, 0.25) is 5.91 Å². The molecule has 18 heavy (non-hydrogen) atoms. The molecule has 4 heteroatoms. The maximum atomic E-state index is 12.5. The molecule has 0 aromatic carbocycles. The Balaban J connectivity index is 2.04. The number of aliphatic carboxylic acids is 1. The van der Waals surface area contributed by atoms with Crippen molar-refractivity contribution in [3.8, 4) is 0 Å². The normalized spacial score (nSPS) is 32.7. The van der Waals surface area contributed by atoms with Gasteiger partial charge in [-0.15, -0.1) is 0 Å². The molecule has 0 aromatic rings. The average Bonchev–Trinajstić information content (AvgIpc) is 2.95. The van der Waals surface area contributed by atoms with Gasteiger partial charge >= 0.3 is 5.97 Å². The molecule has 0 spiro atoms. The van der Waals surface area contributed by atoms with Crippen LogP contribution in [-0.2, 0) is 9.59 Å². The van der Waals surface area contributed by atoms with E-state index in [4.69, 9.17) is 0 Å². The Morgan fingerprint density at radius 3 is 2.22 bits per heavy atom. The topological polar surface area (TPSA) is 57.6 Å². The first-order valence-electron chi connectivity index (χ1n) is 7.00. The second kappa shape index (κ2) is 5.29. The summed E-state index contributed by atoms with van der Waals surface area (Å²) < 4.78 is 0. The van der Waals surface area contributed by atoms with Gasteiger partial charge in [-0.25, -0.2) is 0 Å². The minimum Gasteiger partial charge on any atom is -0.481 e. The van der Waals surface area contributed by atoms with Crippen LogP contribution in [-0.4, -0.2) is 35.0 Å². The zero-order valence-corrected chi connectivity index (χ0v) is 11.3. The molecule has 4 nitrogen and oxygen atoms in total. The molecule has 2 aliphatic carbocycles. The molecule has 0 saturated heterocycles. The third kappa shape index (κ3) is 2.52. The predicted molar refractivity (Wildman–Crippen MR) is 68.0 cm³/mol. The fourth-order valence-corrected chi connectivity index (χ4v) is 3.57. The molecule has 3 atom stereocenters. The van der Waals surface area contributed by atoms with E-state index in [0.29, 0.717) is 18.4 Å². The van der Waals surface area contributed by atoms with E-state index in [2.05, 4.69) is 0 Å². The van der Waals surface area contributed by atoms with Crippen molar-refractivity contribution in [2.75, 3.05) is 7.05 Å². The fourth-order valence-electron chi connectivity index (χ4n) is 3.57. The molecule has 0 bridgehead atoms. The first kappa shape index (κ1) is 13.4. The molecule has 1 N–H and O–H groups in total. The van der Waals surface area contributed by atoms with Crippen LogP contribution in [0.1, 0.15) is 45.4 Å². The number of rotatable bonds is 3. The third-order valence-corrected chi connectivity index (χ3v) is 4.65. The number of carboxylic acids is 1. The monoisotopic (exact) mass is 253 g/mol. The lowest BCUT2D eigenvalue weighted by Crippen LogP contribution is -2.41. The van der Waals surface area contributed by atoms with Crippen molar-refractivity contribution >= 4 is 11.9 Å². The molecule has 0 heterocycles. The molecule has 102 valence electrons. The molecule has 2 rings (SSSR count). The van der Waals surface area contributed by atoms with Crippen LogP contribution < -0.4 is 0 Å². The van der Waals surface area contributed by atoms with Gasteiger partial charge in [-0.1, -0.05) is 19.8 Å². The van der Waals surface area contributed by atoms with Gasteiger partial charge in [-0.2, -0.15) is 0 Å². The maximum Gasteiger partial charge on any atom is 0.307 e. The highest BCUT2D eigenvalue weighted by molar-refractivity contribution is 5.85. The van der Waals surface area contributed by atoms with E-state index in [1.165, 1.54) is 12.8 Å². The van der Waals surface area contributed by atoms with E-state index < -0.39 is 11.9 Å². The summed E-state index contributed by atoms with van der Waals surface area (Å²) in [4.78, 5) is 25.5. The zero-order chi connectivity index (χ0) is 13.3. The van der Waals surface area contributed by atoms with Gasteiger partial charge in [-0.05, 0) is 31.6 Å². The minimum absolute atomic E-state index is 0.0543. The molecule has 2 saturated carbocycles. The molecular formula is C14H23NO3. The Labute approximate surface area is 108 Å². The zero-order valence-electron chi connectivity index (χ0n) is 11.3. The van der Waals surface area contributed by atoms with Crippen LogP contribution in [0.3, 0.4) is 0 Å². The van der Waals surface area contributed by atoms with Gasteiger partial charge in [-0.3, -0.25) is 9.59 Å². The fraction of sp³-hybridized carbons (Fsp3) is 0.857. The molecule has 1 amide bonds. The molecule has 0 radical (unpaired) electrons. The molecule has 2 fully saturated rings. The Morgan fingerprint density at radius 2 is 1.67 bits per heavy atom. The summed E-state index contributed by atoms with van der Waals surface area (Å²) in [6.07, 6.45) is 5.89. The summed E-state index contributed by atoms with van der Waals surface area (Å²) >= 11 is 0. The van der Waals surface area contributed by atoms with Crippen LogP contribution in [0.4, 0.5) is 0 Å². The largest absolute Gasteiger partial charge is 0.481 e. The van der Waals surface area contributed by atoms with Gasteiger partial charge < -0.3 is 10.0 Å². The van der Waals surface area contributed by atoms with E-state index >= 15 is 0 Å². The minimum atomic E-state index is -0.808. The van der Waals surface area contributed by atoms with Gasteiger partial charge in [0.15, 0.2) is 0 Å². The van der Waals surface area contributed by atoms with Crippen molar-refractivity contribution < 1.29 is 14.7 Å². The van der Waals surface area contributed by atoms with Crippen molar-refractivity contribution in [2.24, 2.45) is 17.8 Å². The average molecular weight is 253 g/mol. The second-order valence-corrected chi connectivity index (χ2v) is 6.02. The van der Waals surface area contributed by atoms with E-state index in [1.807, 2.05) is 18.9 Å². The Kier molecular flexibility index (Phi) is 3.93. The van der Waals surface area contributed by atoms with Crippen molar-refractivity contribution in [2.45, 2.75) is 51.5 Å². The van der Waals surface area contributed by atoms with Crippen molar-refractivity contribution in [1.82, 2.24) is 4.90 Å². The summed E-state index contributed by atoms with van der Waals surface area (Å²) in [6, 6.07) is 0.336. The van der Waals surface area contributed by atoms with Crippen LogP contribution in [0, 0.1) is 17.8 Å². The van der Waals surface area contributed by atoms with Crippen molar-refractivity contribution in [1.29, 1.82) is 0 Å². The first-order chi connectivity index (χ1) is 8.50. The summed E-state index contributed by atoms with van der Waals surface area (Å²) in [5.41, 5.74) is 0. The SMILES string of the molecule is CC1CC(C(=O)O)C(C(=O)N(C)C2CCCC2)C1. The van der Waals surface area contributed by atoms with Crippen LogP contribution >= 0.6 is 0 Å². The number of hydrogen-bond acceptors (Lipinski definition) is 2. The van der Waals surface area contributed by atoms with Crippen LogP contribution in [0.2, 0.25) is 0 Å². The van der Waals surface area contributed by atoms with Gasteiger partial charge in [0.05, 0.1) is 11.8 Å². The third-order valence-electron chi connectivity index (χ3n) is 4.65. The number of carbonyl (C=O) groups excluding carboxylic acids is 1. The second-order valence-electron chi connectivity index (χ2n) is 6.02. The lowest BCUT2D eigenvalue weighted by molar-refractivity contribution is -0.149. The van der Waals surface area contributed by atoms with Gasteiger partial charge in [0.25, 0.3) is 0 Å². The molecule has 0 aliphatic heterocycles. The van der Waals surface area contributed by atoms with Gasteiger partial charge in [0, 0.05) is 13.1 Å². The van der Waals surface area contributed by atoms with Crippen LogP contribution in [0.15, 0.2) is 0 Å². The summed E-state index contributed by atoms with van der Waals surface area (Å²) in [7, 11) is 1.85. The summed E-state index contributed by atoms with van der Waals surface area (Å²) in [6.45, 7) is 2.04. The first-order valence-corrected chi connectivity index (χ1v) is 7.00. The van der Waals surface area contributed by atoms with E-state index in [1.54, 1.807) is 0 Å². The van der Waals surface area contributed by atoms with Gasteiger partial charge in [0.1, 0.15) is 0 Å². The van der Waals surface area contributed by atoms with Crippen LogP contribution in [0.25, 0.3) is 0 Å². The number of nitrogens with zero attached hydrogens (tertiary/aromatic N) is 1. The standard InChI is InChI=1S/C14H23NO3/c1-9-7-11(12(8-9)14(17)18)13(16)15(2)10-5-3-4-6-10/h9-12H,3-8H2,1-2H3,(H,17,18). The summed E-state index contributed by atoms with van der Waals surface area (Å²) in [5.74, 6) is -1.19.